The van der Waals surface area contributed by atoms with Crippen LogP contribution < -0.4 is 0 Å². The summed E-state index contributed by atoms with van der Waals surface area (Å²) in [6, 6.07) is 52.8. The van der Waals surface area contributed by atoms with Gasteiger partial charge in [-0.05, 0) is 64.4 Å². The molecule has 0 saturated heterocycles. The Balaban J connectivity index is 1.08. The zero-order valence-electron chi connectivity index (χ0n) is 25.6. The molecule has 0 fully saturated rings. The molecule has 10 aromatic rings. The fraction of sp³-hybridized carbons (Fsp3) is 0. The summed E-state index contributed by atoms with van der Waals surface area (Å²) in [5.74, 6) is 1.88. The maximum absolute atomic E-state index is 6.54. The van der Waals surface area contributed by atoms with E-state index in [-0.39, 0.29) is 0 Å². The zero-order valence-corrected chi connectivity index (χ0v) is 26.4. The van der Waals surface area contributed by atoms with Gasteiger partial charge in [0.2, 0.25) is 0 Å². The number of aromatic nitrogens is 3. The van der Waals surface area contributed by atoms with Crippen molar-refractivity contribution in [3.8, 4) is 45.3 Å². The summed E-state index contributed by atoms with van der Waals surface area (Å²) < 4.78 is 9.15. The van der Waals surface area contributed by atoms with Crippen LogP contribution in [-0.4, -0.2) is 15.0 Å². The van der Waals surface area contributed by atoms with E-state index in [2.05, 4.69) is 84.9 Å². The SMILES string of the molecule is c1ccc(-c2nc(-c3ccccc3)nc(-c3ccc4c(c3)oc3cc(-c5ccc6sc7ccc8ccccc8c7c6c5)ccc34)n2)cc1. The monoisotopic (exact) mass is 631 g/mol. The van der Waals surface area contributed by atoms with Gasteiger partial charge in [-0.15, -0.1) is 11.3 Å². The molecule has 3 heterocycles. The van der Waals surface area contributed by atoms with Crippen molar-refractivity contribution >= 4 is 64.2 Å². The van der Waals surface area contributed by atoms with Gasteiger partial charge in [0.15, 0.2) is 17.5 Å². The van der Waals surface area contributed by atoms with Crippen LogP contribution in [-0.2, 0) is 0 Å². The lowest BCUT2D eigenvalue weighted by Gasteiger charge is -2.08. The van der Waals surface area contributed by atoms with Crippen LogP contribution in [0.25, 0.3) is 98.2 Å². The van der Waals surface area contributed by atoms with Gasteiger partial charge >= 0.3 is 0 Å². The predicted octanol–water partition coefficient (Wildman–Crippen LogP) is 12.0. The third kappa shape index (κ3) is 4.40. The van der Waals surface area contributed by atoms with Crippen LogP contribution in [0.1, 0.15) is 0 Å². The second kappa shape index (κ2) is 10.7. The molecule has 224 valence electrons. The van der Waals surface area contributed by atoms with Gasteiger partial charge in [-0.2, -0.15) is 0 Å². The van der Waals surface area contributed by atoms with Gasteiger partial charge in [-0.25, -0.2) is 15.0 Å². The van der Waals surface area contributed by atoms with Gasteiger partial charge in [0.05, 0.1) is 0 Å². The van der Waals surface area contributed by atoms with Gasteiger partial charge in [0, 0.05) is 47.6 Å². The summed E-state index contributed by atoms with van der Waals surface area (Å²) in [6.45, 7) is 0. The molecule has 0 unspecified atom stereocenters. The minimum absolute atomic E-state index is 0.606. The van der Waals surface area contributed by atoms with Crippen molar-refractivity contribution in [3.63, 3.8) is 0 Å². The number of rotatable bonds is 4. The normalized spacial score (nSPS) is 11.8. The lowest BCUT2D eigenvalue weighted by Crippen LogP contribution is -2.00. The minimum Gasteiger partial charge on any atom is -0.456 e. The molecule has 10 rings (SSSR count). The van der Waals surface area contributed by atoms with Crippen LogP contribution >= 0.6 is 11.3 Å². The van der Waals surface area contributed by atoms with Crippen LogP contribution in [0.15, 0.2) is 156 Å². The second-order valence-corrected chi connectivity index (χ2v) is 13.1. The third-order valence-corrected chi connectivity index (χ3v) is 10.3. The Kier molecular flexibility index (Phi) is 6.01. The molecule has 0 radical (unpaired) electrons. The van der Waals surface area contributed by atoms with Gasteiger partial charge in [0.1, 0.15) is 11.2 Å². The molecule has 3 aromatic heterocycles. The first kappa shape index (κ1) is 27.0. The number of hydrogen-bond donors (Lipinski definition) is 0. The molecular weight excluding hydrogens is 607 g/mol. The Morgan fingerprint density at radius 1 is 0.375 bits per heavy atom. The summed E-state index contributed by atoms with van der Waals surface area (Å²) in [6.07, 6.45) is 0. The average molecular weight is 632 g/mol. The third-order valence-electron chi connectivity index (χ3n) is 9.12. The maximum Gasteiger partial charge on any atom is 0.164 e. The highest BCUT2D eigenvalue weighted by Crippen LogP contribution is 2.41. The highest BCUT2D eigenvalue weighted by Gasteiger charge is 2.16. The van der Waals surface area contributed by atoms with E-state index in [4.69, 9.17) is 19.4 Å². The first-order valence-electron chi connectivity index (χ1n) is 15.9. The summed E-state index contributed by atoms with van der Waals surface area (Å²) >= 11 is 1.85. The lowest BCUT2D eigenvalue weighted by molar-refractivity contribution is 0.669. The van der Waals surface area contributed by atoms with Crippen molar-refractivity contribution in [1.82, 2.24) is 15.0 Å². The zero-order chi connectivity index (χ0) is 31.6. The van der Waals surface area contributed by atoms with Gasteiger partial charge in [-0.1, -0.05) is 109 Å². The van der Waals surface area contributed by atoms with E-state index >= 15 is 0 Å². The largest absolute Gasteiger partial charge is 0.456 e. The maximum atomic E-state index is 6.54. The van der Waals surface area contributed by atoms with Gasteiger partial charge < -0.3 is 4.42 Å². The van der Waals surface area contributed by atoms with E-state index in [1.165, 1.54) is 36.5 Å². The van der Waals surface area contributed by atoms with Crippen molar-refractivity contribution in [2.75, 3.05) is 0 Å². The van der Waals surface area contributed by atoms with Crippen molar-refractivity contribution in [2.45, 2.75) is 0 Å². The number of fused-ring (bicyclic) bond motifs is 8. The van der Waals surface area contributed by atoms with Gasteiger partial charge in [-0.3, -0.25) is 0 Å². The van der Waals surface area contributed by atoms with Crippen molar-refractivity contribution in [1.29, 1.82) is 0 Å². The van der Waals surface area contributed by atoms with Crippen LogP contribution in [0.3, 0.4) is 0 Å². The lowest BCUT2D eigenvalue weighted by atomic mass is 9.99. The Morgan fingerprint density at radius 2 is 0.917 bits per heavy atom. The Bertz CT molecular complexity index is 2780. The average Bonchev–Trinajstić information content (AvgIpc) is 3.72. The molecule has 5 heteroatoms. The smallest absolute Gasteiger partial charge is 0.164 e. The van der Waals surface area contributed by atoms with E-state index in [9.17, 15) is 0 Å². The van der Waals surface area contributed by atoms with Crippen molar-refractivity contribution < 1.29 is 4.42 Å². The van der Waals surface area contributed by atoms with Crippen LogP contribution in [0.5, 0.6) is 0 Å². The summed E-state index contributed by atoms with van der Waals surface area (Å²) in [5.41, 5.74) is 6.71. The van der Waals surface area contributed by atoms with E-state index in [0.717, 1.165) is 44.2 Å². The molecule has 0 spiro atoms. The quantitative estimate of drug-likeness (QED) is 0.194. The fourth-order valence-corrected chi connectivity index (χ4v) is 7.86. The molecule has 0 amide bonds. The molecule has 0 aliphatic heterocycles. The first-order valence-corrected chi connectivity index (χ1v) is 16.7. The first-order chi connectivity index (χ1) is 23.7. The standard InChI is InChI=1S/C43H25N3OS/c1-3-10-27(11-4-1)41-44-42(28-12-5-2-6-13-28)46-43(45-41)31-16-20-34-33-19-15-30(24-36(33)47-37(34)25-31)29-18-21-38-35(23-29)40-32-14-8-7-9-26(32)17-22-39(40)48-38/h1-25H. The summed E-state index contributed by atoms with van der Waals surface area (Å²) in [7, 11) is 0. The number of benzene rings is 7. The van der Waals surface area contributed by atoms with E-state index in [1.807, 2.05) is 78.1 Å². The number of nitrogens with zero attached hydrogens (tertiary/aromatic N) is 3. The van der Waals surface area contributed by atoms with Crippen molar-refractivity contribution in [2.24, 2.45) is 0 Å². The van der Waals surface area contributed by atoms with Crippen LogP contribution in [0.2, 0.25) is 0 Å². The van der Waals surface area contributed by atoms with E-state index < -0.39 is 0 Å². The number of thiophene rings is 1. The van der Waals surface area contributed by atoms with Crippen LogP contribution in [0.4, 0.5) is 0 Å². The topological polar surface area (TPSA) is 51.8 Å². The highest BCUT2D eigenvalue weighted by molar-refractivity contribution is 7.26. The molecule has 0 atom stereocenters. The Labute approximate surface area is 279 Å². The summed E-state index contributed by atoms with van der Waals surface area (Å²) in [4.78, 5) is 14.7. The molecule has 0 aliphatic carbocycles. The molecule has 4 nitrogen and oxygen atoms in total. The molecule has 0 bridgehead atoms. The van der Waals surface area contributed by atoms with E-state index in [1.54, 1.807) is 0 Å². The number of hydrogen-bond acceptors (Lipinski definition) is 5. The van der Waals surface area contributed by atoms with Crippen LogP contribution in [0, 0.1) is 0 Å². The molecule has 7 aromatic carbocycles. The minimum atomic E-state index is 0.606. The number of furan rings is 1. The Hall–Kier alpha value is -6.17. The van der Waals surface area contributed by atoms with Gasteiger partial charge in [0.25, 0.3) is 0 Å². The molecule has 0 N–H and O–H groups in total. The summed E-state index contributed by atoms with van der Waals surface area (Å²) in [5, 5.41) is 7.33. The van der Waals surface area contributed by atoms with E-state index in [0.29, 0.717) is 17.5 Å². The predicted molar refractivity (Wildman–Crippen MR) is 199 cm³/mol. The fourth-order valence-electron chi connectivity index (χ4n) is 6.76. The Morgan fingerprint density at radius 3 is 1.62 bits per heavy atom. The highest BCUT2D eigenvalue weighted by atomic mass is 32.1. The molecular formula is C43H25N3OS. The van der Waals surface area contributed by atoms with Crippen molar-refractivity contribution in [3.05, 3.63) is 152 Å². The molecule has 0 aliphatic rings. The second-order valence-electron chi connectivity index (χ2n) is 12.0. The molecule has 48 heavy (non-hydrogen) atoms. The molecule has 0 saturated carbocycles.